The maximum Gasteiger partial charge on any atom is 0.416 e. The molecule has 1 fully saturated rings. The highest BCUT2D eigenvalue weighted by molar-refractivity contribution is 5.99. The highest BCUT2D eigenvalue weighted by Crippen LogP contribution is 2.30. The first-order chi connectivity index (χ1) is 18.3. The van der Waals surface area contributed by atoms with Gasteiger partial charge in [0.05, 0.1) is 22.7 Å². The molecule has 0 radical (unpaired) electrons. The van der Waals surface area contributed by atoms with Gasteiger partial charge in [0.1, 0.15) is 11.3 Å². The van der Waals surface area contributed by atoms with Crippen LogP contribution in [0.1, 0.15) is 73.6 Å². The van der Waals surface area contributed by atoms with E-state index in [1.54, 1.807) is 49.6 Å². The summed E-state index contributed by atoms with van der Waals surface area (Å²) in [6, 6.07) is 13.6. The predicted octanol–water partition coefficient (Wildman–Crippen LogP) is 6.15. The van der Waals surface area contributed by atoms with Crippen molar-refractivity contribution >= 4 is 22.9 Å². The van der Waals surface area contributed by atoms with Gasteiger partial charge in [-0.15, -0.1) is 0 Å². The van der Waals surface area contributed by atoms with E-state index in [-0.39, 0.29) is 24.5 Å². The van der Waals surface area contributed by atoms with Gasteiger partial charge in [0.2, 0.25) is 0 Å². The van der Waals surface area contributed by atoms with Crippen LogP contribution in [0.3, 0.4) is 0 Å². The van der Waals surface area contributed by atoms with Crippen LogP contribution >= 0.6 is 0 Å². The zero-order chi connectivity index (χ0) is 28.4. The Bertz CT molecular complexity index is 1390. The standard InChI is InChI=1S/C29H31F3N4O3/c1-28(2,3)39-27(38)35-23-12-10-22(11-13-23)34-26(37)25-15-20-7-4-19(16-33)14-24(20)36(25)17-18-5-8-21(9-6-18)29(30,31)32/h4-9,14-15,22-23H,10-13,17H2,1-3H3,(H,34,37)(H,35,38)/t22-,23-. The lowest BCUT2D eigenvalue weighted by Gasteiger charge is -2.30. The molecule has 1 aliphatic carbocycles. The Hall–Kier alpha value is -4.00. The number of aromatic nitrogens is 1. The molecule has 1 heterocycles. The number of alkyl carbamates (subject to hydrolysis) is 1. The van der Waals surface area contributed by atoms with Crippen LogP contribution in [0.15, 0.2) is 48.5 Å². The molecule has 1 aromatic heterocycles. The lowest BCUT2D eigenvalue weighted by molar-refractivity contribution is -0.137. The molecular formula is C29H31F3N4O3. The molecule has 0 aliphatic heterocycles. The van der Waals surface area contributed by atoms with Gasteiger partial charge in [-0.25, -0.2) is 4.79 Å². The molecule has 3 aromatic rings. The quantitative estimate of drug-likeness (QED) is 0.406. The molecule has 2 N–H and O–H groups in total. The number of nitrogens with one attached hydrogen (secondary N) is 2. The number of halogens is 3. The van der Waals surface area contributed by atoms with E-state index in [0.717, 1.165) is 17.5 Å². The molecule has 1 aliphatic rings. The van der Waals surface area contributed by atoms with Crippen molar-refractivity contribution in [3.63, 3.8) is 0 Å². The number of rotatable bonds is 5. The first-order valence-electron chi connectivity index (χ1n) is 12.8. The van der Waals surface area contributed by atoms with E-state index in [9.17, 15) is 28.0 Å². The molecule has 0 saturated heterocycles. The second kappa shape index (κ2) is 11.0. The number of hydrogen-bond donors (Lipinski definition) is 2. The lowest BCUT2D eigenvalue weighted by Crippen LogP contribution is -2.45. The minimum Gasteiger partial charge on any atom is -0.444 e. The van der Waals surface area contributed by atoms with Gasteiger partial charge in [0.25, 0.3) is 5.91 Å². The maximum absolute atomic E-state index is 13.4. The zero-order valence-corrected chi connectivity index (χ0v) is 22.1. The van der Waals surface area contributed by atoms with Gasteiger partial charge in [-0.2, -0.15) is 18.4 Å². The maximum atomic E-state index is 13.4. The molecule has 39 heavy (non-hydrogen) atoms. The largest absolute Gasteiger partial charge is 0.444 e. The number of ether oxygens (including phenoxy) is 1. The summed E-state index contributed by atoms with van der Waals surface area (Å²) in [6.07, 6.45) is -2.19. The topological polar surface area (TPSA) is 96.2 Å². The van der Waals surface area contributed by atoms with Gasteiger partial charge in [0.15, 0.2) is 0 Å². The summed E-state index contributed by atoms with van der Waals surface area (Å²) in [5.41, 5.74) is 0.674. The van der Waals surface area contributed by atoms with E-state index in [0.29, 0.717) is 48.0 Å². The average Bonchev–Trinajstić information content (AvgIpc) is 3.21. The summed E-state index contributed by atoms with van der Waals surface area (Å²) >= 11 is 0. The Balaban J connectivity index is 1.49. The van der Waals surface area contributed by atoms with Gasteiger partial charge < -0.3 is 19.9 Å². The molecule has 206 valence electrons. The smallest absolute Gasteiger partial charge is 0.416 e. The van der Waals surface area contributed by atoms with E-state index >= 15 is 0 Å². The molecule has 2 amide bonds. The van der Waals surface area contributed by atoms with E-state index < -0.39 is 23.4 Å². The molecular weight excluding hydrogens is 509 g/mol. The van der Waals surface area contributed by atoms with E-state index in [2.05, 4.69) is 16.7 Å². The van der Waals surface area contributed by atoms with Crippen molar-refractivity contribution in [2.24, 2.45) is 0 Å². The van der Waals surface area contributed by atoms with Gasteiger partial charge >= 0.3 is 12.3 Å². The van der Waals surface area contributed by atoms with Crippen molar-refractivity contribution in [3.8, 4) is 6.07 Å². The van der Waals surface area contributed by atoms with Crippen LogP contribution in [-0.2, 0) is 17.5 Å². The number of alkyl halides is 3. The van der Waals surface area contributed by atoms with Crippen LogP contribution in [0.4, 0.5) is 18.0 Å². The fourth-order valence-electron chi connectivity index (χ4n) is 4.78. The molecule has 7 nitrogen and oxygen atoms in total. The zero-order valence-electron chi connectivity index (χ0n) is 22.1. The third-order valence-electron chi connectivity index (χ3n) is 6.67. The van der Waals surface area contributed by atoms with Crippen LogP contribution in [0.25, 0.3) is 10.9 Å². The van der Waals surface area contributed by atoms with Gasteiger partial charge in [-0.1, -0.05) is 18.2 Å². The molecule has 0 unspecified atom stereocenters. The molecule has 1 saturated carbocycles. The molecule has 4 rings (SSSR count). The highest BCUT2D eigenvalue weighted by atomic mass is 19.4. The number of fused-ring (bicyclic) bond motifs is 1. The van der Waals surface area contributed by atoms with Gasteiger partial charge in [-0.3, -0.25) is 4.79 Å². The van der Waals surface area contributed by atoms with Crippen LogP contribution < -0.4 is 10.6 Å². The lowest BCUT2D eigenvalue weighted by atomic mass is 9.91. The second-order valence-corrected chi connectivity index (χ2v) is 10.9. The van der Waals surface area contributed by atoms with E-state index in [4.69, 9.17) is 4.74 Å². The molecule has 0 atom stereocenters. The first-order valence-corrected chi connectivity index (χ1v) is 12.8. The van der Waals surface area contributed by atoms with Crippen molar-refractivity contribution in [1.29, 1.82) is 5.26 Å². The van der Waals surface area contributed by atoms with Crippen LogP contribution in [0.5, 0.6) is 0 Å². The normalized spacial score (nSPS) is 17.9. The molecule has 0 spiro atoms. The Morgan fingerprint density at radius 1 is 0.974 bits per heavy atom. The van der Waals surface area contributed by atoms with Crippen molar-refractivity contribution in [3.05, 3.63) is 70.9 Å². The van der Waals surface area contributed by atoms with Crippen LogP contribution in [0.2, 0.25) is 0 Å². The summed E-state index contributed by atoms with van der Waals surface area (Å²) in [5, 5.41) is 16.1. The summed E-state index contributed by atoms with van der Waals surface area (Å²) in [4.78, 5) is 25.5. The first kappa shape index (κ1) is 28.0. The number of amides is 2. The summed E-state index contributed by atoms with van der Waals surface area (Å²) in [7, 11) is 0. The molecule has 0 bridgehead atoms. The Kier molecular flexibility index (Phi) is 7.91. The number of benzene rings is 2. The summed E-state index contributed by atoms with van der Waals surface area (Å²) < 4.78 is 46.1. The second-order valence-electron chi connectivity index (χ2n) is 10.9. The van der Waals surface area contributed by atoms with Crippen LogP contribution in [-0.4, -0.2) is 34.3 Å². The minimum absolute atomic E-state index is 0.0384. The van der Waals surface area contributed by atoms with Crippen molar-refractivity contribution < 1.29 is 27.5 Å². The fourth-order valence-corrected chi connectivity index (χ4v) is 4.78. The number of hydrogen-bond acceptors (Lipinski definition) is 4. The molecule has 2 aromatic carbocycles. The minimum atomic E-state index is -4.44. The number of carbonyl (C=O) groups is 2. The number of carbonyl (C=O) groups excluding carboxylic acids is 2. The van der Waals surface area contributed by atoms with E-state index in [1.807, 2.05) is 0 Å². The Morgan fingerprint density at radius 3 is 2.15 bits per heavy atom. The van der Waals surface area contributed by atoms with Gasteiger partial charge in [-0.05, 0) is 82.3 Å². The number of nitriles is 1. The average molecular weight is 541 g/mol. The summed E-state index contributed by atoms with van der Waals surface area (Å²) in [5.74, 6) is -0.305. The molecule has 10 heteroatoms. The predicted molar refractivity (Wildman–Crippen MR) is 140 cm³/mol. The Morgan fingerprint density at radius 2 is 1.59 bits per heavy atom. The van der Waals surface area contributed by atoms with E-state index in [1.165, 1.54) is 12.1 Å². The highest BCUT2D eigenvalue weighted by Gasteiger charge is 2.30. The van der Waals surface area contributed by atoms with Gasteiger partial charge in [0, 0.05) is 24.0 Å². The number of nitrogens with zero attached hydrogens (tertiary/aromatic N) is 2. The van der Waals surface area contributed by atoms with Crippen molar-refractivity contribution in [2.75, 3.05) is 0 Å². The monoisotopic (exact) mass is 540 g/mol. The third-order valence-corrected chi connectivity index (χ3v) is 6.67. The van der Waals surface area contributed by atoms with Crippen molar-refractivity contribution in [1.82, 2.24) is 15.2 Å². The Labute approximate surface area is 224 Å². The summed E-state index contributed by atoms with van der Waals surface area (Å²) in [6.45, 7) is 5.57. The van der Waals surface area contributed by atoms with Crippen LogP contribution in [0, 0.1) is 11.3 Å². The third kappa shape index (κ3) is 7.11. The van der Waals surface area contributed by atoms with Crippen molar-refractivity contribution in [2.45, 2.75) is 76.9 Å². The fraction of sp³-hybridized carbons (Fsp3) is 0.414. The SMILES string of the molecule is CC(C)(C)OC(=O)N[C@H]1CC[C@H](NC(=O)c2cc3ccc(C#N)cc3n2Cc2ccc(C(F)(F)F)cc2)CC1.